The van der Waals surface area contributed by atoms with Crippen LogP contribution in [0.3, 0.4) is 0 Å². The molecule has 0 aliphatic carbocycles. The third kappa shape index (κ3) is 4.65. The Morgan fingerprint density at radius 1 is 1.44 bits per heavy atom. The molecule has 16 heavy (non-hydrogen) atoms. The van der Waals surface area contributed by atoms with Crippen molar-refractivity contribution in [2.24, 2.45) is 5.92 Å². The molecule has 86 valence electrons. The van der Waals surface area contributed by atoms with Crippen LogP contribution >= 0.6 is 0 Å². The van der Waals surface area contributed by atoms with Gasteiger partial charge in [0.25, 0.3) is 5.91 Å². The molecule has 0 radical (unpaired) electrons. The molecular formula is C14H19NO. The van der Waals surface area contributed by atoms with Gasteiger partial charge < -0.3 is 5.32 Å². The maximum absolute atomic E-state index is 11.4. The number of allylic oxidation sites excluding steroid dienone is 4. The number of rotatable bonds is 4. The molecule has 0 fully saturated rings. The van der Waals surface area contributed by atoms with Crippen molar-refractivity contribution in [2.45, 2.75) is 27.7 Å². The van der Waals surface area contributed by atoms with Crippen LogP contribution in [0, 0.1) is 17.8 Å². The third-order valence-corrected chi connectivity index (χ3v) is 1.97. The summed E-state index contributed by atoms with van der Waals surface area (Å²) in [5.41, 5.74) is 1.77. The standard InChI is InChI=1S/C14H19NO/c1-6-9-13(12(8-3)11(4)5)15-14(16)10-7-2/h6,8-9,11H,3H2,1-2,4-5H3,(H,15,16)/b9-6-,13-12-. The Bertz CT molecular complexity index is 375. The van der Waals surface area contributed by atoms with Gasteiger partial charge in [-0.2, -0.15) is 0 Å². The molecule has 0 rings (SSSR count). The Morgan fingerprint density at radius 3 is 2.44 bits per heavy atom. The first-order chi connectivity index (χ1) is 7.56. The lowest BCUT2D eigenvalue weighted by molar-refractivity contribution is -0.115. The summed E-state index contributed by atoms with van der Waals surface area (Å²) in [7, 11) is 0. The maximum atomic E-state index is 11.4. The molecule has 0 bridgehead atoms. The van der Waals surface area contributed by atoms with Gasteiger partial charge in [0.1, 0.15) is 0 Å². The average molecular weight is 217 g/mol. The van der Waals surface area contributed by atoms with E-state index >= 15 is 0 Å². The van der Waals surface area contributed by atoms with Crippen molar-refractivity contribution in [1.82, 2.24) is 5.32 Å². The highest BCUT2D eigenvalue weighted by Crippen LogP contribution is 2.15. The van der Waals surface area contributed by atoms with Crippen molar-refractivity contribution in [3.05, 3.63) is 36.1 Å². The van der Waals surface area contributed by atoms with Gasteiger partial charge in [-0.3, -0.25) is 4.79 Å². The van der Waals surface area contributed by atoms with Crippen LogP contribution in [0.15, 0.2) is 36.1 Å². The zero-order valence-corrected chi connectivity index (χ0v) is 10.4. The number of carbonyl (C=O) groups excluding carboxylic acids is 1. The van der Waals surface area contributed by atoms with E-state index in [9.17, 15) is 4.79 Å². The molecule has 0 heterocycles. The predicted molar refractivity (Wildman–Crippen MR) is 68.5 cm³/mol. The molecule has 0 spiro atoms. The SMILES string of the molecule is C=C/C(=C(\C=C/C)NC(=O)C#CC)C(C)C. The first-order valence-electron chi connectivity index (χ1n) is 5.29. The van der Waals surface area contributed by atoms with Crippen LogP contribution in [0.5, 0.6) is 0 Å². The molecule has 0 atom stereocenters. The summed E-state index contributed by atoms with van der Waals surface area (Å²) in [6.07, 6.45) is 5.49. The van der Waals surface area contributed by atoms with Gasteiger partial charge in [0.15, 0.2) is 0 Å². The van der Waals surface area contributed by atoms with E-state index in [4.69, 9.17) is 0 Å². The predicted octanol–water partition coefficient (Wildman–Crippen LogP) is 2.80. The molecule has 0 aliphatic heterocycles. The highest BCUT2D eigenvalue weighted by atomic mass is 16.1. The fraction of sp³-hybridized carbons (Fsp3) is 0.357. The van der Waals surface area contributed by atoms with E-state index in [2.05, 4.69) is 37.6 Å². The third-order valence-electron chi connectivity index (χ3n) is 1.97. The lowest BCUT2D eigenvalue weighted by atomic mass is 10.0. The largest absolute Gasteiger partial charge is 0.315 e. The minimum absolute atomic E-state index is 0.296. The maximum Gasteiger partial charge on any atom is 0.300 e. The van der Waals surface area contributed by atoms with Crippen LogP contribution in [0.1, 0.15) is 27.7 Å². The van der Waals surface area contributed by atoms with Crippen molar-refractivity contribution >= 4 is 5.91 Å². The summed E-state index contributed by atoms with van der Waals surface area (Å²) in [5, 5.41) is 2.76. The van der Waals surface area contributed by atoms with E-state index in [1.807, 2.05) is 19.1 Å². The van der Waals surface area contributed by atoms with Gasteiger partial charge in [-0.25, -0.2) is 0 Å². The molecule has 1 amide bonds. The second-order valence-electron chi connectivity index (χ2n) is 3.56. The van der Waals surface area contributed by atoms with Gasteiger partial charge in [-0.05, 0) is 37.3 Å². The number of carbonyl (C=O) groups is 1. The van der Waals surface area contributed by atoms with Gasteiger partial charge in [-0.1, -0.05) is 38.5 Å². The summed E-state index contributed by atoms with van der Waals surface area (Å²) < 4.78 is 0. The van der Waals surface area contributed by atoms with Crippen molar-refractivity contribution < 1.29 is 4.79 Å². The van der Waals surface area contributed by atoms with Crippen LogP contribution in [-0.4, -0.2) is 5.91 Å². The minimum atomic E-state index is -0.296. The lowest BCUT2D eigenvalue weighted by Gasteiger charge is -2.12. The first-order valence-corrected chi connectivity index (χ1v) is 5.29. The molecule has 0 aromatic rings. The first kappa shape index (κ1) is 14.2. The van der Waals surface area contributed by atoms with Gasteiger partial charge in [0.2, 0.25) is 0 Å². The van der Waals surface area contributed by atoms with E-state index in [1.54, 1.807) is 13.0 Å². The molecule has 0 saturated carbocycles. The van der Waals surface area contributed by atoms with Crippen molar-refractivity contribution in [2.75, 3.05) is 0 Å². The van der Waals surface area contributed by atoms with Crippen LogP contribution in [0.2, 0.25) is 0 Å². The van der Waals surface area contributed by atoms with Crippen LogP contribution in [0.4, 0.5) is 0 Å². The summed E-state index contributed by atoms with van der Waals surface area (Å²) in [6, 6.07) is 0. The zero-order valence-electron chi connectivity index (χ0n) is 10.4. The number of hydrogen-bond donors (Lipinski definition) is 1. The summed E-state index contributed by atoms with van der Waals surface area (Å²) >= 11 is 0. The molecule has 0 saturated heterocycles. The second-order valence-corrected chi connectivity index (χ2v) is 3.56. The molecule has 0 aromatic carbocycles. The Labute approximate surface area is 98.1 Å². The van der Waals surface area contributed by atoms with Crippen LogP contribution < -0.4 is 5.32 Å². The van der Waals surface area contributed by atoms with Gasteiger partial charge in [0.05, 0.1) is 0 Å². The lowest BCUT2D eigenvalue weighted by Crippen LogP contribution is -2.22. The highest BCUT2D eigenvalue weighted by Gasteiger charge is 2.07. The topological polar surface area (TPSA) is 29.1 Å². The van der Waals surface area contributed by atoms with E-state index in [1.165, 1.54) is 0 Å². The molecule has 0 aliphatic rings. The Balaban J connectivity index is 5.18. The summed E-state index contributed by atoms with van der Waals surface area (Å²) in [4.78, 5) is 11.4. The van der Waals surface area contributed by atoms with E-state index in [0.29, 0.717) is 5.92 Å². The number of hydrogen-bond acceptors (Lipinski definition) is 1. The van der Waals surface area contributed by atoms with E-state index < -0.39 is 0 Å². The van der Waals surface area contributed by atoms with Crippen LogP contribution in [-0.2, 0) is 4.79 Å². The average Bonchev–Trinajstić information content (AvgIpc) is 2.18. The fourth-order valence-corrected chi connectivity index (χ4v) is 1.30. The quantitative estimate of drug-likeness (QED) is 0.569. The Kier molecular flexibility index (Phi) is 6.71. The van der Waals surface area contributed by atoms with Crippen molar-refractivity contribution in [3.8, 4) is 11.8 Å². The second kappa shape index (κ2) is 7.53. The van der Waals surface area contributed by atoms with Gasteiger partial charge >= 0.3 is 0 Å². The van der Waals surface area contributed by atoms with Crippen molar-refractivity contribution in [3.63, 3.8) is 0 Å². The Morgan fingerprint density at radius 2 is 2.06 bits per heavy atom. The molecule has 0 unspecified atom stereocenters. The fourth-order valence-electron chi connectivity index (χ4n) is 1.30. The van der Waals surface area contributed by atoms with Gasteiger partial charge in [0, 0.05) is 5.70 Å². The molecule has 0 aromatic heterocycles. The molecule has 2 heteroatoms. The monoisotopic (exact) mass is 217 g/mol. The smallest absolute Gasteiger partial charge is 0.300 e. The zero-order chi connectivity index (χ0) is 12.6. The number of amides is 1. The molecule has 2 nitrogen and oxygen atoms in total. The van der Waals surface area contributed by atoms with Crippen molar-refractivity contribution in [1.29, 1.82) is 0 Å². The summed E-state index contributed by atoms with van der Waals surface area (Å²) in [5.74, 6) is 5.02. The molecule has 1 N–H and O–H groups in total. The van der Waals surface area contributed by atoms with Gasteiger partial charge in [-0.15, -0.1) is 0 Å². The van der Waals surface area contributed by atoms with Crippen LogP contribution in [0.25, 0.3) is 0 Å². The highest BCUT2D eigenvalue weighted by molar-refractivity contribution is 5.94. The Hall–Kier alpha value is -1.75. The van der Waals surface area contributed by atoms with E-state index in [0.717, 1.165) is 11.3 Å². The molecular weight excluding hydrogens is 198 g/mol. The normalized spacial score (nSPS) is 11.8. The minimum Gasteiger partial charge on any atom is -0.315 e. The van der Waals surface area contributed by atoms with E-state index in [-0.39, 0.29) is 5.91 Å². The number of nitrogens with one attached hydrogen (secondary N) is 1. The summed E-state index contributed by atoms with van der Waals surface area (Å²) in [6.45, 7) is 11.4.